The maximum Gasteiger partial charge on any atom is 0.269 e. The Labute approximate surface area is 487 Å². The topological polar surface area (TPSA) is 190 Å². The third-order valence-electron chi connectivity index (χ3n) is 11.0. The van der Waals surface area contributed by atoms with Crippen molar-refractivity contribution in [3.05, 3.63) is 72.0 Å². The second-order valence-electron chi connectivity index (χ2n) is 16.1. The van der Waals surface area contributed by atoms with E-state index in [1.807, 2.05) is 5.92 Å². The van der Waals surface area contributed by atoms with Gasteiger partial charge in [0.05, 0.1) is 34.1 Å². The van der Waals surface area contributed by atoms with E-state index in [1.165, 1.54) is 32.9 Å². The first-order valence-electron chi connectivity index (χ1n) is 24.3. The summed E-state index contributed by atoms with van der Waals surface area (Å²) in [5.74, 6) is 86.3. The van der Waals surface area contributed by atoms with Gasteiger partial charge in [0.2, 0.25) is 26.0 Å². The van der Waals surface area contributed by atoms with Crippen LogP contribution in [0.2, 0.25) is 0 Å². The van der Waals surface area contributed by atoms with Gasteiger partial charge in [-0.25, -0.2) is 28.7 Å². The monoisotopic (exact) mass is 1130 g/mol. The molecule has 2 aromatic rings. The van der Waals surface area contributed by atoms with Gasteiger partial charge < -0.3 is 21.2 Å². The number of piperidine rings is 2. The number of non-ortho nitro benzene ring substituents is 1. The summed E-state index contributed by atoms with van der Waals surface area (Å²) in [6.07, 6.45) is 10.3. The van der Waals surface area contributed by atoms with Crippen LogP contribution < -0.4 is 20.7 Å². The highest BCUT2D eigenvalue weighted by molar-refractivity contribution is 7.89. The van der Waals surface area contributed by atoms with Crippen molar-refractivity contribution in [2.24, 2.45) is 0 Å². The molecule has 4 aliphatic heterocycles. The zero-order valence-corrected chi connectivity index (χ0v) is 46.0. The van der Waals surface area contributed by atoms with Crippen molar-refractivity contribution in [1.29, 1.82) is 0 Å². The van der Waals surface area contributed by atoms with Crippen LogP contribution in [0.5, 0.6) is 5.75 Å². The third-order valence-corrected chi connectivity index (χ3v) is 14.8. The van der Waals surface area contributed by atoms with Gasteiger partial charge in [-0.05, 0) is 157 Å². The number of carbonyl (C=O) groups excluding carboxylic acids is 1. The molecule has 4 saturated heterocycles. The Balaban J connectivity index is 0.000000278. The summed E-state index contributed by atoms with van der Waals surface area (Å²) in [7, 11) is -5.61. The summed E-state index contributed by atoms with van der Waals surface area (Å²) in [5.41, 5.74) is -0.984. The molecule has 4 fully saturated rings. The summed E-state index contributed by atoms with van der Waals surface area (Å²) >= 11 is 0. The zero-order chi connectivity index (χ0) is 59.8. The molecular weight excluding hydrogens is 1080 g/mol. The third kappa shape index (κ3) is 23.7. The minimum atomic E-state index is -3.63. The number of nitrogens with one attached hydrogen (secondary N) is 3. The van der Waals surface area contributed by atoms with Crippen LogP contribution in [0.25, 0.3) is 0 Å². The molecule has 83 heavy (non-hydrogen) atoms. The number of benzene rings is 2. The average Bonchev–Trinajstić information content (AvgIpc) is 3.62. The standard InChI is InChI=1S/C37H2.C15H21N3O4S.C14H19N3O5S/c1-3-5-7-9-11-13-15-17-19-21-23-25-27-29-31-33-35-37-36-34-32-30-28-26-24-22-20-18-16-14-12-10-8-6-4-2;1-22-12-2-4-13(5-3-12)23(20,21)18-10-7-15(8-11-18)16-9-6-14(19)17-15;18-17(19)12-2-4-13(5-3-12)23(20,21)16-9-6-14(7-10-16)15-8-1-11-22-14/h1H2;2-5,16H,6-11H2,1H3,(H,17,19);2-5,15H,1,6-11H2/q-2;;. The number of nitrogens with zero attached hydrogens (tertiary/aromatic N) is 3. The number of nitro benzene ring substituents is 1. The lowest BCUT2D eigenvalue weighted by Crippen LogP contribution is -2.67. The molecule has 0 bridgehead atoms. The highest BCUT2D eigenvalue weighted by Crippen LogP contribution is 2.30. The van der Waals surface area contributed by atoms with Crippen molar-refractivity contribution in [3.8, 4) is 213 Å². The number of carbonyl (C=O) groups is 1. The fourth-order valence-corrected chi connectivity index (χ4v) is 10.0. The molecule has 3 N–H and O–H groups in total. The summed E-state index contributed by atoms with van der Waals surface area (Å²) in [5, 5.41) is 20.3. The maximum absolute atomic E-state index is 12.7. The largest absolute Gasteiger partial charge is 0.497 e. The molecule has 17 heteroatoms. The Morgan fingerprint density at radius 3 is 1.24 bits per heavy atom. The Morgan fingerprint density at radius 1 is 0.554 bits per heavy atom. The number of nitro groups is 1. The van der Waals surface area contributed by atoms with E-state index in [1.54, 1.807) is 31.4 Å². The predicted octanol–water partition coefficient (Wildman–Crippen LogP) is 1.84. The Hall–Kier alpha value is -11.2. The van der Waals surface area contributed by atoms with E-state index >= 15 is 0 Å². The minimum Gasteiger partial charge on any atom is -0.497 e. The number of hydrogen-bond donors (Lipinski definition) is 3. The number of amides is 1. The molecule has 0 atom stereocenters. The molecule has 404 valence electrons. The van der Waals surface area contributed by atoms with Gasteiger partial charge >= 0.3 is 0 Å². The van der Waals surface area contributed by atoms with Gasteiger partial charge in [0.25, 0.3) is 5.69 Å². The summed E-state index contributed by atoms with van der Waals surface area (Å²) in [4.78, 5) is 22.1. The smallest absolute Gasteiger partial charge is 0.269 e. The van der Waals surface area contributed by atoms with E-state index in [-0.39, 0.29) is 21.4 Å². The van der Waals surface area contributed by atoms with Crippen molar-refractivity contribution in [2.45, 2.75) is 59.7 Å². The van der Waals surface area contributed by atoms with Crippen molar-refractivity contribution < 1.29 is 36.0 Å². The van der Waals surface area contributed by atoms with E-state index in [0.717, 1.165) is 13.0 Å². The number of ether oxygens (including phenoxy) is 2. The van der Waals surface area contributed by atoms with Crippen LogP contribution >= 0.6 is 0 Å². The van der Waals surface area contributed by atoms with Gasteiger partial charge in [0, 0.05) is 141 Å². The van der Waals surface area contributed by atoms with E-state index in [4.69, 9.17) is 15.9 Å². The number of hydrogen-bond acceptors (Lipinski definition) is 11. The first-order valence-corrected chi connectivity index (χ1v) is 27.2. The molecule has 0 radical (unpaired) electrons. The van der Waals surface area contributed by atoms with Crippen molar-refractivity contribution in [1.82, 2.24) is 24.6 Å². The Bertz CT molecular complexity index is 4240. The first-order chi connectivity index (χ1) is 40.3. The van der Waals surface area contributed by atoms with Gasteiger partial charge in [-0.3, -0.25) is 37.4 Å². The van der Waals surface area contributed by atoms with Gasteiger partial charge in [-0.15, -0.1) is 11.8 Å². The van der Waals surface area contributed by atoms with Crippen molar-refractivity contribution >= 4 is 31.6 Å². The van der Waals surface area contributed by atoms with Crippen LogP contribution in [-0.4, -0.2) is 101 Å². The van der Waals surface area contributed by atoms with Crippen LogP contribution in [0.1, 0.15) is 38.5 Å². The molecule has 4 aliphatic rings. The Kier molecular flexibility index (Phi) is 27.9. The second-order valence-corrected chi connectivity index (χ2v) is 20.0. The summed E-state index contributed by atoms with van der Waals surface area (Å²) in [6, 6.07) is 11.4. The zero-order valence-electron chi connectivity index (χ0n) is 44.4. The fraction of sp³-hybridized carbons (Fsp3) is 0.242. The SMILES string of the molecule is COc1ccc(S(=O)(=O)N2CCC3(CC2)NCCC(=O)N3)cc1.O=[N+]([O-])c1ccc(S(=O)(=O)N2CCC3(CC2)NCCCO3)cc1.[C-]#CC#CC#CC#CC#CC#CC#CC#CC#CC#CC#CC#CC#CC#CC#CC#CC#CC#C[CH2-]. The molecule has 15 nitrogen and oxygen atoms in total. The predicted molar refractivity (Wildman–Crippen MR) is 312 cm³/mol. The lowest BCUT2D eigenvalue weighted by atomic mass is 9.95. The minimum absolute atomic E-state index is 0.0233. The molecule has 1 amide bonds. The highest BCUT2D eigenvalue weighted by atomic mass is 32.2. The van der Waals surface area contributed by atoms with E-state index in [2.05, 4.69) is 224 Å². The van der Waals surface area contributed by atoms with E-state index in [0.29, 0.717) is 77.2 Å². The number of rotatable bonds is 6. The average molecular weight is 1130 g/mol. The van der Waals surface area contributed by atoms with Gasteiger partial charge in [-0.2, -0.15) is 15.5 Å². The van der Waals surface area contributed by atoms with Crippen LogP contribution in [0.3, 0.4) is 0 Å². The van der Waals surface area contributed by atoms with Gasteiger partial charge in [0.15, 0.2) is 0 Å². The molecule has 0 aromatic heterocycles. The van der Waals surface area contributed by atoms with Gasteiger partial charge in [0.1, 0.15) is 11.5 Å². The normalized spacial score (nSPS) is 13.9. The Morgan fingerprint density at radius 2 is 0.916 bits per heavy atom. The van der Waals surface area contributed by atoms with Gasteiger partial charge in [-0.1, -0.05) is 0 Å². The summed E-state index contributed by atoms with van der Waals surface area (Å²) < 4.78 is 64.4. The van der Waals surface area contributed by atoms with Crippen molar-refractivity contribution in [3.63, 3.8) is 0 Å². The molecular formula is C66H42N6O9S2-2. The highest BCUT2D eigenvalue weighted by Gasteiger charge is 2.42. The maximum atomic E-state index is 12.7. The van der Waals surface area contributed by atoms with Crippen LogP contribution in [0.15, 0.2) is 58.3 Å². The van der Waals surface area contributed by atoms with Crippen LogP contribution in [0.4, 0.5) is 5.69 Å². The van der Waals surface area contributed by atoms with E-state index < -0.39 is 36.4 Å². The molecule has 0 unspecified atom stereocenters. The number of methoxy groups -OCH3 is 1. The van der Waals surface area contributed by atoms with Crippen molar-refractivity contribution in [2.75, 3.05) is 53.0 Å². The molecule has 0 saturated carbocycles. The van der Waals surface area contributed by atoms with E-state index in [9.17, 15) is 31.7 Å². The molecule has 2 aromatic carbocycles. The lowest BCUT2D eigenvalue weighted by Gasteiger charge is -2.44. The number of sulfonamides is 2. The second kappa shape index (κ2) is 36.0. The fourth-order valence-electron chi connectivity index (χ4n) is 7.14. The van der Waals surface area contributed by atoms with Crippen LogP contribution in [-0.2, 0) is 29.6 Å². The molecule has 4 heterocycles. The molecule has 0 aliphatic carbocycles. The van der Waals surface area contributed by atoms with Crippen LogP contribution in [0, 0.1) is 231 Å². The molecule has 2 spiro atoms. The lowest BCUT2D eigenvalue weighted by molar-refractivity contribution is -0.384. The first kappa shape index (κ1) is 64.3. The summed E-state index contributed by atoms with van der Waals surface area (Å²) in [6.45, 7) is 7.01. The molecule has 6 rings (SSSR count). The quantitative estimate of drug-likeness (QED) is 0.166.